The molecule has 0 aliphatic carbocycles. The maximum absolute atomic E-state index is 12.8. The maximum atomic E-state index is 12.8. The van der Waals surface area contributed by atoms with Crippen LogP contribution in [0.5, 0.6) is 11.5 Å². The number of aromatic nitrogens is 1. The van der Waals surface area contributed by atoms with E-state index in [1.807, 2.05) is 73.7 Å². The fourth-order valence-corrected chi connectivity index (χ4v) is 6.02. The predicted octanol–water partition coefficient (Wildman–Crippen LogP) is 7.42. The molecule has 5 rings (SSSR count). The fourth-order valence-electron chi connectivity index (χ4n) is 3.96. The van der Waals surface area contributed by atoms with Crippen LogP contribution in [-0.2, 0) is 5.75 Å². The van der Waals surface area contributed by atoms with Crippen LogP contribution in [0, 0.1) is 6.92 Å². The highest BCUT2D eigenvalue weighted by Gasteiger charge is 2.13. The van der Waals surface area contributed by atoms with Crippen molar-refractivity contribution in [3.63, 3.8) is 0 Å². The molecule has 9 heteroatoms. The van der Waals surface area contributed by atoms with E-state index in [1.165, 1.54) is 7.11 Å². The molecule has 5 aromatic rings. The summed E-state index contributed by atoms with van der Waals surface area (Å²) < 4.78 is 12.5. The second-order valence-corrected chi connectivity index (χ2v) is 11.2. The van der Waals surface area contributed by atoms with Gasteiger partial charge in [0.15, 0.2) is 15.8 Å². The minimum atomic E-state index is -0.240. The van der Waals surface area contributed by atoms with E-state index in [-0.39, 0.29) is 11.8 Å². The molecule has 202 valence electrons. The number of amides is 2. The Bertz CT molecular complexity index is 1670. The molecule has 2 N–H and O–H groups in total. The summed E-state index contributed by atoms with van der Waals surface area (Å²) in [6.45, 7) is 2.01. The summed E-state index contributed by atoms with van der Waals surface area (Å²) >= 11 is 3.21. The molecule has 0 unspecified atom stereocenters. The Hall–Kier alpha value is -4.34. The number of thioether (sulfide) groups is 1. The van der Waals surface area contributed by atoms with E-state index in [4.69, 9.17) is 14.5 Å². The van der Waals surface area contributed by atoms with Gasteiger partial charge in [0.2, 0.25) is 0 Å². The first-order valence-electron chi connectivity index (χ1n) is 12.5. The number of hydrogen-bond acceptors (Lipinski definition) is 7. The molecule has 7 nitrogen and oxygen atoms in total. The molecule has 0 atom stereocenters. The van der Waals surface area contributed by atoms with Gasteiger partial charge in [-0.2, -0.15) is 0 Å². The summed E-state index contributed by atoms with van der Waals surface area (Å²) in [7, 11) is 3.09. The lowest BCUT2D eigenvalue weighted by Crippen LogP contribution is -2.12. The monoisotopic (exact) mass is 569 g/mol. The number of benzene rings is 4. The third-order valence-corrected chi connectivity index (χ3v) is 8.39. The van der Waals surface area contributed by atoms with Gasteiger partial charge < -0.3 is 20.1 Å². The molecule has 0 aliphatic heterocycles. The SMILES string of the molecule is COc1ccc(C(=O)Nc2ccc3nc(SCc4ccc(C(=O)Nc5ccc(C)cc5)cc4)sc3c2)cc1OC. The first-order chi connectivity index (χ1) is 19.4. The van der Waals surface area contributed by atoms with E-state index >= 15 is 0 Å². The number of ether oxygens (including phenoxy) is 2. The number of aryl methyl sites for hydroxylation is 1. The summed E-state index contributed by atoms with van der Waals surface area (Å²) in [5.41, 5.74) is 5.65. The van der Waals surface area contributed by atoms with E-state index in [1.54, 1.807) is 48.4 Å². The van der Waals surface area contributed by atoms with Crippen LogP contribution in [-0.4, -0.2) is 31.0 Å². The number of rotatable bonds is 9. The van der Waals surface area contributed by atoms with Gasteiger partial charge >= 0.3 is 0 Å². The van der Waals surface area contributed by atoms with Crippen LogP contribution in [0.3, 0.4) is 0 Å². The average Bonchev–Trinajstić information content (AvgIpc) is 3.39. The third-order valence-electron chi connectivity index (χ3n) is 6.16. The standard InChI is InChI=1S/C31H27N3O4S2/c1-19-4-11-23(12-5-19)32-29(35)21-8-6-20(7-9-21)18-39-31-34-25-14-13-24(17-28(25)40-31)33-30(36)22-10-15-26(37-2)27(16-22)38-3/h4-17H,18H2,1-3H3,(H,32,35)(H,33,36). The molecule has 0 spiro atoms. The van der Waals surface area contributed by atoms with E-state index in [0.717, 1.165) is 37.1 Å². The Kier molecular flexibility index (Phi) is 8.33. The van der Waals surface area contributed by atoms with E-state index in [9.17, 15) is 9.59 Å². The molecule has 0 aliphatic rings. The van der Waals surface area contributed by atoms with Crippen molar-refractivity contribution in [3.05, 3.63) is 107 Å². The minimum absolute atomic E-state index is 0.136. The number of nitrogens with zero attached hydrogens (tertiary/aromatic N) is 1. The Morgan fingerprint density at radius 3 is 2.15 bits per heavy atom. The number of carbonyl (C=O) groups is 2. The van der Waals surface area contributed by atoms with Crippen molar-refractivity contribution in [2.45, 2.75) is 17.0 Å². The molecule has 1 heterocycles. The number of fused-ring (bicyclic) bond motifs is 1. The number of nitrogens with one attached hydrogen (secondary N) is 2. The van der Waals surface area contributed by atoms with Crippen molar-refractivity contribution in [2.24, 2.45) is 0 Å². The van der Waals surface area contributed by atoms with E-state index < -0.39 is 0 Å². The van der Waals surface area contributed by atoms with Gasteiger partial charge in [-0.25, -0.2) is 4.98 Å². The zero-order valence-electron chi connectivity index (χ0n) is 22.2. The normalized spacial score (nSPS) is 10.8. The fraction of sp³-hybridized carbons (Fsp3) is 0.129. The Balaban J connectivity index is 1.19. The third kappa shape index (κ3) is 6.44. The second-order valence-electron chi connectivity index (χ2n) is 8.99. The van der Waals surface area contributed by atoms with Crippen LogP contribution in [0.25, 0.3) is 10.2 Å². The lowest BCUT2D eigenvalue weighted by molar-refractivity contribution is 0.101. The minimum Gasteiger partial charge on any atom is -0.493 e. The lowest BCUT2D eigenvalue weighted by Gasteiger charge is -2.10. The first kappa shape index (κ1) is 27.2. The highest BCUT2D eigenvalue weighted by molar-refractivity contribution is 8.00. The highest BCUT2D eigenvalue weighted by Crippen LogP contribution is 2.33. The van der Waals surface area contributed by atoms with Gasteiger partial charge in [0.1, 0.15) is 0 Å². The molecule has 4 aromatic carbocycles. The Labute approximate surface area is 240 Å². The molecule has 0 bridgehead atoms. The molecule has 0 radical (unpaired) electrons. The van der Waals surface area contributed by atoms with E-state index in [0.29, 0.717) is 28.3 Å². The van der Waals surface area contributed by atoms with Crippen LogP contribution in [0.1, 0.15) is 31.8 Å². The van der Waals surface area contributed by atoms with Gasteiger partial charge in [-0.15, -0.1) is 11.3 Å². The predicted molar refractivity (Wildman–Crippen MR) is 162 cm³/mol. The molecular formula is C31H27N3O4S2. The average molecular weight is 570 g/mol. The molecule has 0 fully saturated rings. The Morgan fingerprint density at radius 1 is 0.775 bits per heavy atom. The maximum Gasteiger partial charge on any atom is 0.255 e. The summed E-state index contributed by atoms with van der Waals surface area (Å²) in [5, 5.41) is 5.87. The van der Waals surface area contributed by atoms with Gasteiger partial charge in [0, 0.05) is 28.3 Å². The van der Waals surface area contributed by atoms with E-state index in [2.05, 4.69) is 10.6 Å². The second kappa shape index (κ2) is 12.2. The molecule has 2 amide bonds. The summed E-state index contributed by atoms with van der Waals surface area (Å²) in [6, 6.07) is 26.1. The van der Waals surface area contributed by atoms with Gasteiger partial charge in [-0.1, -0.05) is 41.6 Å². The van der Waals surface area contributed by atoms with Crippen LogP contribution in [0.2, 0.25) is 0 Å². The number of carbonyl (C=O) groups excluding carboxylic acids is 2. The topological polar surface area (TPSA) is 89.5 Å². The van der Waals surface area contributed by atoms with Crippen molar-refractivity contribution in [1.82, 2.24) is 4.98 Å². The highest BCUT2D eigenvalue weighted by atomic mass is 32.2. The van der Waals surface area contributed by atoms with Gasteiger partial charge in [-0.3, -0.25) is 9.59 Å². The molecule has 0 saturated heterocycles. The Morgan fingerprint density at radius 2 is 1.43 bits per heavy atom. The van der Waals surface area contributed by atoms with Gasteiger partial charge in [-0.05, 0) is 73.2 Å². The van der Waals surface area contributed by atoms with Crippen molar-refractivity contribution in [2.75, 3.05) is 24.9 Å². The number of anilines is 2. The van der Waals surface area contributed by atoms with Crippen molar-refractivity contribution in [1.29, 1.82) is 0 Å². The summed E-state index contributed by atoms with van der Waals surface area (Å²) in [5.74, 6) is 1.41. The van der Waals surface area contributed by atoms with Crippen LogP contribution >= 0.6 is 23.1 Å². The summed E-state index contributed by atoms with van der Waals surface area (Å²) in [4.78, 5) is 30.1. The van der Waals surface area contributed by atoms with Gasteiger partial charge in [0.25, 0.3) is 11.8 Å². The van der Waals surface area contributed by atoms with Crippen molar-refractivity contribution in [3.8, 4) is 11.5 Å². The first-order valence-corrected chi connectivity index (χ1v) is 14.3. The van der Waals surface area contributed by atoms with Crippen LogP contribution in [0.15, 0.2) is 89.3 Å². The molecule has 40 heavy (non-hydrogen) atoms. The summed E-state index contributed by atoms with van der Waals surface area (Å²) in [6.07, 6.45) is 0. The molecule has 1 aromatic heterocycles. The number of thiazole rings is 1. The quantitative estimate of drug-likeness (QED) is 0.180. The molecular weight excluding hydrogens is 542 g/mol. The van der Waals surface area contributed by atoms with Crippen molar-refractivity contribution < 1.29 is 19.1 Å². The molecule has 0 saturated carbocycles. The smallest absolute Gasteiger partial charge is 0.255 e. The lowest BCUT2D eigenvalue weighted by atomic mass is 10.1. The van der Waals surface area contributed by atoms with Crippen molar-refractivity contribution >= 4 is 56.5 Å². The van der Waals surface area contributed by atoms with Gasteiger partial charge in [0.05, 0.1) is 24.4 Å². The zero-order chi connectivity index (χ0) is 28.1. The zero-order valence-corrected chi connectivity index (χ0v) is 23.8. The largest absolute Gasteiger partial charge is 0.493 e. The number of methoxy groups -OCH3 is 2. The van der Waals surface area contributed by atoms with Crippen LogP contribution in [0.4, 0.5) is 11.4 Å². The van der Waals surface area contributed by atoms with Crippen LogP contribution < -0.4 is 20.1 Å². The number of hydrogen-bond donors (Lipinski definition) is 2.